The zero-order chi connectivity index (χ0) is 15.1. The molecular formula is C13H20N4O3. The first kappa shape index (κ1) is 15.7. The minimum Gasteiger partial charge on any atom is -0.382 e. The van der Waals surface area contributed by atoms with Crippen molar-refractivity contribution in [2.45, 2.75) is 13.3 Å². The van der Waals surface area contributed by atoms with Gasteiger partial charge in [0.15, 0.2) is 0 Å². The van der Waals surface area contributed by atoms with Crippen LogP contribution in [0.5, 0.6) is 0 Å². The molecule has 1 rings (SSSR count). The fraction of sp³-hybridized carbons (Fsp3) is 0.462. The number of carbonyl (C=O) groups excluding carboxylic acids is 1. The predicted octanol–water partition coefficient (Wildman–Crippen LogP) is 1.60. The van der Waals surface area contributed by atoms with Crippen molar-refractivity contribution < 1.29 is 9.72 Å². The Morgan fingerprint density at radius 3 is 2.70 bits per heavy atom. The molecule has 1 amide bonds. The Kier molecular flexibility index (Phi) is 5.76. The minimum atomic E-state index is -0.443. The van der Waals surface area contributed by atoms with Gasteiger partial charge in [0.1, 0.15) is 11.4 Å². The molecular weight excluding hydrogens is 260 g/mol. The number of nitrogens with zero attached hydrogens (tertiary/aromatic N) is 2. The van der Waals surface area contributed by atoms with Crippen molar-refractivity contribution in [3.05, 3.63) is 28.3 Å². The second kappa shape index (κ2) is 7.32. The van der Waals surface area contributed by atoms with Gasteiger partial charge >= 0.3 is 5.69 Å². The number of amides is 1. The third-order valence-corrected chi connectivity index (χ3v) is 2.83. The summed E-state index contributed by atoms with van der Waals surface area (Å²) in [6.45, 7) is 2.64. The number of rotatable bonds is 7. The Morgan fingerprint density at radius 1 is 1.45 bits per heavy atom. The van der Waals surface area contributed by atoms with Crippen molar-refractivity contribution in [1.82, 2.24) is 5.32 Å². The smallest absolute Gasteiger partial charge is 0.315 e. The summed E-state index contributed by atoms with van der Waals surface area (Å²) in [5, 5.41) is 16.7. The molecule has 0 saturated heterocycles. The van der Waals surface area contributed by atoms with Gasteiger partial charge in [0, 0.05) is 20.6 Å². The topological polar surface area (TPSA) is 87.5 Å². The second-order valence-corrected chi connectivity index (χ2v) is 4.39. The quantitative estimate of drug-likeness (QED) is 0.585. The highest BCUT2D eigenvalue weighted by atomic mass is 16.6. The number of carbonyl (C=O) groups is 1. The van der Waals surface area contributed by atoms with Gasteiger partial charge in [0.2, 0.25) is 5.91 Å². The van der Waals surface area contributed by atoms with E-state index in [1.165, 1.54) is 0 Å². The number of para-hydroxylation sites is 1. The maximum Gasteiger partial charge on any atom is 0.315 e. The van der Waals surface area contributed by atoms with E-state index in [0.29, 0.717) is 17.9 Å². The van der Waals surface area contributed by atoms with Gasteiger partial charge in [-0.05, 0) is 18.6 Å². The molecule has 0 aliphatic heterocycles. The molecule has 1 aromatic rings. The van der Waals surface area contributed by atoms with Gasteiger partial charge in [-0.25, -0.2) is 0 Å². The molecule has 7 nitrogen and oxygen atoms in total. The summed E-state index contributed by atoms with van der Waals surface area (Å²) in [5.74, 6) is -0.154. The highest BCUT2D eigenvalue weighted by molar-refractivity contribution is 5.84. The molecule has 0 aliphatic rings. The van der Waals surface area contributed by atoms with E-state index < -0.39 is 4.92 Å². The molecule has 2 N–H and O–H groups in total. The Labute approximate surface area is 118 Å². The average molecular weight is 280 g/mol. The standard InChI is InChI=1S/C13H20N4O3/c1-4-8-15-12(18)9-16(3)11-7-5-6-10(14-2)13(11)17(19)20/h5-7,14H,4,8-9H2,1-3H3,(H,15,18). The van der Waals surface area contributed by atoms with E-state index in [1.54, 1.807) is 37.2 Å². The van der Waals surface area contributed by atoms with E-state index in [-0.39, 0.29) is 18.1 Å². The number of likely N-dealkylation sites (N-methyl/N-ethyl adjacent to an activating group) is 1. The zero-order valence-corrected chi connectivity index (χ0v) is 12.0. The Balaban J connectivity index is 2.95. The Morgan fingerprint density at radius 2 is 2.15 bits per heavy atom. The summed E-state index contributed by atoms with van der Waals surface area (Å²) in [5.41, 5.74) is 0.808. The van der Waals surface area contributed by atoms with Crippen molar-refractivity contribution in [1.29, 1.82) is 0 Å². The molecule has 0 unspecified atom stereocenters. The molecule has 0 bridgehead atoms. The molecule has 0 spiro atoms. The SMILES string of the molecule is CCCNC(=O)CN(C)c1cccc(NC)c1[N+](=O)[O-]. The number of hydrogen-bond acceptors (Lipinski definition) is 5. The monoisotopic (exact) mass is 280 g/mol. The van der Waals surface area contributed by atoms with Crippen LogP contribution in [-0.2, 0) is 4.79 Å². The number of benzene rings is 1. The van der Waals surface area contributed by atoms with Crippen LogP contribution in [-0.4, -0.2) is 38.0 Å². The van der Waals surface area contributed by atoms with Gasteiger partial charge < -0.3 is 15.5 Å². The van der Waals surface area contributed by atoms with Gasteiger partial charge in [0.25, 0.3) is 0 Å². The largest absolute Gasteiger partial charge is 0.382 e. The second-order valence-electron chi connectivity index (χ2n) is 4.39. The molecule has 0 atom stereocenters. The molecule has 0 heterocycles. The fourth-order valence-corrected chi connectivity index (χ4v) is 1.85. The van der Waals surface area contributed by atoms with Crippen LogP contribution in [0.2, 0.25) is 0 Å². The molecule has 0 radical (unpaired) electrons. The first-order valence-electron chi connectivity index (χ1n) is 6.44. The highest BCUT2D eigenvalue weighted by Crippen LogP contribution is 2.34. The van der Waals surface area contributed by atoms with Gasteiger partial charge in [-0.2, -0.15) is 0 Å². The molecule has 7 heteroatoms. The lowest BCUT2D eigenvalue weighted by Crippen LogP contribution is -2.35. The van der Waals surface area contributed by atoms with Crippen molar-refractivity contribution in [3.63, 3.8) is 0 Å². The van der Waals surface area contributed by atoms with E-state index in [0.717, 1.165) is 6.42 Å². The summed E-state index contributed by atoms with van der Waals surface area (Å²) >= 11 is 0. The van der Waals surface area contributed by atoms with Crippen LogP contribution in [0.25, 0.3) is 0 Å². The van der Waals surface area contributed by atoms with Crippen LogP contribution in [0, 0.1) is 10.1 Å². The van der Waals surface area contributed by atoms with Crippen molar-refractivity contribution in [2.75, 3.05) is 37.4 Å². The highest BCUT2D eigenvalue weighted by Gasteiger charge is 2.22. The van der Waals surface area contributed by atoms with E-state index in [2.05, 4.69) is 10.6 Å². The maximum atomic E-state index is 11.7. The molecule has 110 valence electrons. The van der Waals surface area contributed by atoms with Crippen LogP contribution >= 0.6 is 0 Å². The van der Waals surface area contributed by atoms with Crippen LogP contribution in [0.15, 0.2) is 18.2 Å². The molecule has 20 heavy (non-hydrogen) atoms. The number of nitro groups is 1. The lowest BCUT2D eigenvalue weighted by molar-refractivity contribution is -0.383. The van der Waals surface area contributed by atoms with Crippen LogP contribution in [0.3, 0.4) is 0 Å². The molecule has 0 fully saturated rings. The normalized spacial score (nSPS) is 9.95. The van der Waals surface area contributed by atoms with Crippen LogP contribution in [0.4, 0.5) is 17.1 Å². The average Bonchev–Trinajstić information content (AvgIpc) is 2.43. The van der Waals surface area contributed by atoms with E-state index in [9.17, 15) is 14.9 Å². The zero-order valence-electron chi connectivity index (χ0n) is 12.0. The molecule has 0 aliphatic carbocycles. The lowest BCUT2D eigenvalue weighted by atomic mass is 10.2. The van der Waals surface area contributed by atoms with E-state index >= 15 is 0 Å². The number of hydrogen-bond donors (Lipinski definition) is 2. The molecule has 1 aromatic carbocycles. The first-order chi connectivity index (χ1) is 9.51. The van der Waals surface area contributed by atoms with Gasteiger partial charge in [-0.1, -0.05) is 13.0 Å². The molecule has 0 aromatic heterocycles. The van der Waals surface area contributed by atoms with Crippen molar-refractivity contribution in [3.8, 4) is 0 Å². The van der Waals surface area contributed by atoms with Crippen LogP contribution in [0.1, 0.15) is 13.3 Å². The van der Waals surface area contributed by atoms with Crippen molar-refractivity contribution in [2.24, 2.45) is 0 Å². The maximum absolute atomic E-state index is 11.7. The van der Waals surface area contributed by atoms with Crippen molar-refractivity contribution >= 4 is 23.0 Å². The number of anilines is 2. The summed E-state index contributed by atoms with van der Waals surface area (Å²) in [7, 11) is 3.29. The number of nitro benzene ring substituents is 1. The Hall–Kier alpha value is -2.31. The van der Waals surface area contributed by atoms with Gasteiger partial charge in [0.05, 0.1) is 11.5 Å². The third kappa shape index (κ3) is 3.84. The minimum absolute atomic E-state index is 0.0270. The summed E-state index contributed by atoms with van der Waals surface area (Å²) < 4.78 is 0. The predicted molar refractivity (Wildman–Crippen MR) is 79.2 cm³/mol. The van der Waals surface area contributed by atoms with Gasteiger partial charge in [-0.15, -0.1) is 0 Å². The third-order valence-electron chi connectivity index (χ3n) is 2.83. The Bertz CT molecular complexity index is 491. The summed E-state index contributed by atoms with van der Waals surface area (Å²) in [4.78, 5) is 24.0. The van der Waals surface area contributed by atoms with Gasteiger partial charge in [-0.3, -0.25) is 14.9 Å². The lowest BCUT2D eigenvalue weighted by Gasteiger charge is -2.19. The van der Waals surface area contributed by atoms with E-state index in [4.69, 9.17) is 0 Å². The number of nitrogens with one attached hydrogen (secondary N) is 2. The fourth-order valence-electron chi connectivity index (χ4n) is 1.85. The summed E-state index contributed by atoms with van der Waals surface area (Å²) in [6.07, 6.45) is 0.852. The summed E-state index contributed by atoms with van der Waals surface area (Å²) in [6, 6.07) is 4.98. The molecule has 0 saturated carbocycles. The first-order valence-corrected chi connectivity index (χ1v) is 6.44. The van der Waals surface area contributed by atoms with Crippen LogP contribution < -0.4 is 15.5 Å². The van der Waals surface area contributed by atoms with E-state index in [1.807, 2.05) is 6.92 Å².